The molecule has 0 aliphatic heterocycles. The lowest BCUT2D eigenvalue weighted by atomic mass is 9.68. The fourth-order valence-electron chi connectivity index (χ4n) is 6.47. The summed E-state index contributed by atoms with van der Waals surface area (Å²) >= 11 is 12.4. The molecule has 3 aliphatic rings. The van der Waals surface area contributed by atoms with Gasteiger partial charge in [0.25, 0.3) is 5.91 Å². The first-order valence-corrected chi connectivity index (χ1v) is 11.8. The Balaban J connectivity index is 1.51. The second-order valence-corrected chi connectivity index (χ2v) is 11.1. The average molecular weight is 446 g/mol. The van der Waals surface area contributed by atoms with Crippen LogP contribution in [0.25, 0.3) is 5.69 Å². The number of carbonyl (C=O) groups is 1. The van der Waals surface area contributed by atoms with Crippen LogP contribution in [-0.4, -0.2) is 21.7 Å². The van der Waals surface area contributed by atoms with Gasteiger partial charge in [0.1, 0.15) is 0 Å². The number of rotatable bonds is 3. The first-order chi connectivity index (χ1) is 14.2. The van der Waals surface area contributed by atoms with Crippen molar-refractivity contribution in [2.75, 3.05) is 0 Å². The van der Waals surface area contributed by atoms with Gasteiger partial charge in [-0.25, -0.2) is 4.68 Å². The molecule has 2 fully saturated rings. The van der Waals surface area contributed by atoms with Crippen molar-refractivity contribution >= 4 is 29.1 Å². The van der Waals surface area contributed by atoms with Crippen molar-refractivity contribution in [1.82, 2.24) is 15.1 Å². The van der Waals surface area contributed by atoms with E-state index in [-0.39, 0.29) is 22.8 Å². The monoisotopic (exact) mass is 445 g/mol. The predicted octanol–water partition coefficient (Wildman–Crippen LogP) is 6.00. The van der Waals surface area contributed by atoms with Crippen molar-refractivity contribution < 1.29 is 4.79 Å². The lowest BCUT2D eigenvalue weighted by molar-refractivity contribution is 0.0732. The van der Waals surface area contributed by atoms with Crippen molar-refractivity contribution in [3.05, 3.63) is 45.2 Å². The van der Waals surface area contributed by atoms with Crippen LogP contribution >= 0.6 is 23.2 Å². The Morgan fingerprint density at radius 2 is 1.93 bits per heavy atom. The van der Waals surface area contributed by atoms with Gasteiger partial charge in [-0.1, -0.05) is 44.0 Å². The van der Waals surface area contributed by atoms with Crippen LogP contribution in [0.5, 0.6) is 0 Å². The molecule has 2 aromatic rings. The Hall–Kier alpha value is -1.52. The molecule has 6 heteroatoms. The first kappa shape index (κ1) is 20.4. The highest BCUT2D eigenvalue weighted by Gasteiger charge is 2.59. The summed E-state index contributed by atoms with van der Waals surface area (Å²) in [6.07, 6.45) is 7.70. The van der Waals surface area contributed by atoms with Crippen molar-refractivity contribution in [3.8, 4) is 5.69 Å². The van der Waals surface area contributed by atoms with Crippen LogP contribution in [0.3, 0.4) is 0 Å². The molecule has 5 rings (SSSR count). The van der Waals surface area contributed by atoms with Crippen LogP contribution in [0.1, 0.15) is 74.6 Å². The molecule has 1 heterocycles. The third-order valence-corrected chi connectivity index (χ3v) is 8.83. The third kappa shape index (κ3) is 3.02. The van der Waals surface area contributed by atoms with E-state index in [0.29, 0.717) is 21.7 Å². The summed E-state index contributed by atoms with van der Waals surface area (Å²) in [7, 11) is 0. The van der Waals surface area contributed by atoms with E-state index in [1.807, 2.05) is 16.8 Å². The van der Waals surface area contributed by atoms with Crippen LogP contribution in [-0.2, 0) is 12.8 Å². The van der Waals surface area contributed by atoms with Crippen molar-refractivity contribution in [2.45, 2.75) is 71.8 Å². The molecule has 1 amide bonds. The second kappa shape index (κ2) is 7.00. The molecule has 2 bridgehead atoms. The highest BCUT2D eigenvalue weighted by atomic mass is 35.5. The highest BCUT2D eigenvalue weighted by Crippen LogP contribution is 2.62. The number of hydrogen-bond acceptors (Lipinski definition) is 2. The lowest BCUT2D eigenvalue weighted by Crippen LogP contribution is -2.52. The van der Waals surface area contributed by atoms with Gasteiger partial charge >= 0.3 is 0 Å². The van der Waals surface area contributed by atoms with Gasteiger partial charge in [0.15, 0.2) is 5.69 Å². The van der Waals surface area contributed by atoms with Gasteiger partial charge < -0.3 is 5.32 Å². The summed E-state index contributed by atoms with van der Waals surface area (Å²) in [5, 5.41) is 9.26. The SMILES string of the molecule is CC1(C)C2CC[C@@](C)(C2)C1NC(=O)c1nn(-c2ccc(Cl)c(Cl)c2)c2c1CCCC2. The van der Waals surface area contributed by atoms with Crippen molar-refractivity contribution in [1.29, 1.82) is 0 Å². The molecule has 3 aliphatic carbocycles. The zero-order chi connectivity index (χ0) is 21.3. The Kier molecular flexibility index (Phi) is 4.75. The Morgan fingerprint density at radius 1 is 1.17 bits per heavy atom. The number of nitrogens with one attached hydrogen (secondary N) is 1. The van der Waals surface area contributed by atoms with Gasteiger partial charge in [-0.15, -0.1) is 0 Å². The number of benzene rings is 1. The number of hydrogen-bond donors (Lipinski definition) is 1. The molecule has 30 heavy (non-hydrogen) atoms. The molecule has 2 saturated carbocycles. The van der Waals surface area contributed by atoms with E-state index in [9.17, 15) is 4.79 Å². The maximum Gasteiger partial charge on any atom is 0.272 e. The molecular formula is C24H29Cl2N3O. The molecule has 1 N–H and O–H groups in total. The Bertz CT molecular complexity index is 1020. The maximum absolute atomic E-state index is 13.5. The number of carbonyl (C=O) groups excluding carboxylic acids is 1. The van der Waals surface area contributed by atoms with Crippen LogP contribution in [0.4, 0.5) is 0 Å². The summed E-state index contributed by atoms with van der Waals surface area (Å²) in [4.78, 5) is 13.5. The Morgan fingerprint density at radius 3 is 2.63 bits per heavy atom. The molecule has 0 radical (unpaired) electrons. The first-order valence-electron chi connectivity index (χ1n) is 11.1. The van der Waals surface area contributed by atoms with Crippen LogP contribution in [0.15, 0.2) is 18.2 Å². The summed E-state index contributed by atoms with van der Waals surface area (Å²) < 4.78 is 1.90. The molecule has 4 nitrogen and oxygen atoms in total. The zero-order valence-corrected chi connectivity index (χ0v) is 19.4. The van der Waals surface area contributed by atoms with Gasteiger partial charge in [-0.05, 0) is 79.9 Å². The number of halogens is 2. The average Bonchev–Trinajstić information content (AvgIpc) is 3.34. The summed E-state index contributed by atoms with van der Waals surface area (Å²) in [6, 6.07) is 5.71. The lowest BCUT2D eigenvalue weighted by Gasteiger charge is -2.43. The van der Waals surface area contributed by atoms with Crippen molar-refractivity contribution in [2.24, 2.45) is 16.7 Å². The van der Waals surface area contributed by atoms with Gasteiger partial charge in [0.2, 0.25) is 0 Å². The fourth-order valence-corrected chi connectivity index (χ4v) is 6.77. The molecule has 0 saturated heterocycles. The summed E-state index contributed by atoms with van der Waals surface area (Å²) in [5.74, 6) is 0.661. The largest absolute Gasteiger partial charge is 0.347 e. The van der Waals surface area contributed by atoms with E-state index in [1.54, 1.807) is 6.07 Å². The van der Waals surface area contributed by atoms with Crippen LogP contribution in [0, 0.1) is 16.7 Å². The fraction of sp³-hybridized carbons (Fsp3) is 0.583. The minimum absolute atomic E-state index is 0.0289. The summed E-state index contributed by atoms with van der Waals surface area (Å²) in [6.45, 7) is 6.98. The van der Waals surface area contributed by atoms with E-state index in [4.69, 9.17) is 28.3 Å². The summed E-state index contributed by atoms with van der Waals surface area (Å²) in [5.41, 5.74) is 3.97. The number of fused-ring (bicyclic) bond motifs is 3. The number of aromatic nitrogens is 2. The zero-order valence-electron chi connectivity index (χ0n) is 17.9. The van der Waals surface area contributed by atoms with Crippen LogP contribution < -0.4 is 5.32 Å². The maximum atomic E-state index is 13.5. The molecular weight excluding hydrogens is 417 g/mol. The van der Waals surface area contributed by atoms with E-state index >= 15 is 0 Å². The van der Waals surface area contributed by atoms with Crippen LogP contribution in [0.2, 0.25) is 10.0 Å². The smallest absolute Gasteiger partial charge is 0.272 e. The molecule has 1 aromatic heterocycles. The van der Waals surface area contributed by atoms with Crippen molar-refractivity contribution in [3.63, 3.8) is 0 Å². The molecule has 0 spiro atoms. The van der Waals surface area contributed by atoms with Gasteiger partial charge in [-0.3, -0.25) is 4.79 Å². The molecule has 1 aromatic carbocycles. The third-order valence-electron chi connectivity index (χ3n) is 8.09. The van der Waals surface area contributed by atoms with Gasteiger partial charge in [0, 0.05) is 17.3 Å². The molecule has 3 atom stereocenters. The van der Waals surface area contributed by atoms with E-state index in [1.165, 1.54) is 19.3 Å². The number of amides is 1. The minimum atomic E-state index is -0.0289. The van der Waals surface area contributed by atoms with E-state index in [0.717, 1.165) is 42.6 Å². The van der Waals surface area contributed by atoms with Gasteiger partial charge in [0.05, 0.1) is 15.7 Å². The van der Waals surface area contributed by atoms with Gasteiger partial charge in [-0.2, -0.15) is 5.10 Å². The standard InChI is InChI=1S/C24H29Cl2N3O/c1-23(2)14-10-11-24(3,13-14)22(23)27-21(30)20-16-6-4-5-7-19(16)29(28-20)15-8-9-17(25)18(26)12-15/h8-9,12,14,22H,4-7,10-11,13H2,1-3H3,(H,27,30)/t14?,22?,24-/m0/s1. The highest BCUT2D eigenvalue weighted by molar-refractivity contribution is 6.42. The normalized spacial score (nSPS) is 29.1. The predicted molar refractivity (Wildman–Crippen MR) is 121 cm³/mol. The Labute approximate surface area is 188 Å². The quantitative estimate of drug-likeness (QED) is 0.629. The topological polar surface area (TPSA) is 46.9 Å². The molecule has 160 valence electrons. The second-order valence-electron chi connectivity index (χ2n) is 10.3. The molecule has 2 unspecified atom stereocenters. The minimum Gasteiger partial charge on any atom is -0.347 e. The van der Waals surface area contributed by atoms with E-state index in [2.05, 4.69) is 26.1 Å². The number of nitrogens with zero attached hydrogens (tertiary/aromatic N) is 2. The van der Waals surface area contributed by atoms with E-state index < -0.39 is 0 Å².